The number of hydrogen-bond donors (Lipinski definition) is 3. The molecule has 0 aliphatic carbocycles. The first-order valence-corrected chi connectivity index (χ1v) is 13.8. The zero-order valence-electron chi connectivity index (χ0n) is 24.8. The molecule has 1 atom stereocenters. The number of amides is 1. The average molecular weight is 546 g/mol. The zero-order chi connectivity index (χ0) is 29.7. The van der Waals surface area contributed by atoms with E-state index in [-0.39, 0.29) is 17.4 Å². The molecule has 6 heteroatoms. The first-order valence-electron chi connectivity index (χ1n) is 13.8. The number of nitrogens with one attached hydrogen (secondary N) is 1. The van der Waals surface area contributed by atoms with Crippen LogP contribution < -0.4 is 10.1 Å². The van der Waals surface area contributed by atoms with Crippen LogP contribution in [-0.2, 0) is 16.6 Å². The zero-order valence-corrected chi connectivity index (χ0v) is 24.8. The Bertz CT molecular complexity index is 1290. The number of carbonyl (C=O) groups excluding carboxylic acids is 1. The largest absolute Gasteiger partial charge is 0.493 e. The number of aliphatic hydroxyl groups is 1. The highest BCUT2D eigenvalue weighted by atomic mass is 16.5. The number of aryl methyl sites for hydroxylation is 3. The first kappa shape index (κ1) is 30.9. The molecule has 1 unspecified atom stereocenters. The van der Waals surface area contributed by atoms with E-state index in [1.54, 1.807) is 12.1 Å². The van der Waals surface area contributed by atoms with E-state index in [9.17, 15) is 14.7 Å². The summed E-state index contributed by atoms with van der Waals surface area (Å²) in [4.78, 5) is 22.9. The van der Waals surface area contributed by atoms with Crippen molar-refractivity contribution >= 4 is 11.9 Å². The molecule has 0 saturated carbocycles. The maximum absolute atomic E-state index is 12.2. The average Bonchev–Trinajstić information content (AvgIpc) is 2.89. The molecule has 3 aromatic rings. The van der Waals surface area contributed by atoms with Gasteiger partial charge in [0.15, 0.2) is 6.10 Å². The Hall–Kier alpha value is -3.64. The summed E-state index contributed by atoms with van der Waals surface area (Å²) in [7, 11) is 0. The second-order valence-electron chi connectivity index (χ2n) is 12.5. The van der Waals surface area contributed by atoms with E-state index in [2.05, 4.69) is 90.2 Å². The van der Waals surface area contributed by atoms with Gasteiger partial charge in [-0.3, -0.25) is 4.79 Å². The summed E-state index contributed by atoms with van der Waals surface area (Å²) in [6.45, 7) is 15.6. The van der Waals surface area contributed by atoms with Crippen molar-refractivity contribution in [1.82, 2.24) is 5.32 Å². The van der Waals surface area contributed by atoms with Crippen molar-refractivity contribution in [1.29, 1.82) is 0 Å². The molecule has 0 aromatic heterocycles. The fourth-order valence-electron chi connectivity index (χ4n) is 4.63. The monoisotopic (exact) mass is 545 g/mol. The number of carbonyl (C=O) groups is 2. The summed E-state index contributed by atoms with van der Waals surface area (Å²) in [6.07, 6.45) is 0.112. The lowest BCUT2D eigenvalue weighted by Crippen LogP contribution is -2.36. The SMILES string of the molecule is Cc1cc(OCC(C)(C)CCc2ccc(C(=O)NCC(O)C(=O)O)cc2)cc(C)c1-c1ccc(C(C)(C)C)cc1. The molecule has 0 radical (unpaired) electrons. The van der Waals surface area contributed by atoms with E-state index >= 15 is 0 Å². The Balaban J connectivity index is 1.56. The standard InChI is InChI=1S/C34H43NO5/c1-22-18-28(19-23(2)30(22)25-12-14-27(15-13-25)33(3,4)5)40-21-34(6,7)17-16-24-8-10-26(11-9-24)31(37)35-20-29(36)32(38)39/h8-15,18-19,29,36H,16-17,20-21H2,1-7H3,(H,35,37)(H,38,39). The summed E-state index contributed by atoms with van der Waals surface area (Å²) in [6, 6.07) is 20.3. The Morgan fingerprint density at radius 1 is 0.900 bits per heavy atom. The Kier molecular flexibility index (Phi) is 9.80. The van der Waals surface area contributed by atoms with Gasteiger partial charge in [-0.1, -0.05) is 71.0 Å². The van der Waals surface area contributed by atoms with Crippen LogP contribution in [0, 0.1) is 19.3 Å². The third kappa shape index (κ3) is 8.43. The van der Waals surface area contributed by atoms with E-state index in [1.165, 1.54) is 27.8 Å². The molecule has 0 heterocycles. The molecule has 0 bridgehead atoms. The summed E-state index contributed by atoms with van der Waals surface area (Å²) in [5.74, 6) is -0.910. The van der Waals surface area contributed by atoms with Crippen LogP contribution in [0.25, 0.3) is 11.1 Å². The van der Waals surface area contributed by atoms with Crippen molar-refractivity contribution < 1.29 is 24.5 Å². The number of aliphatic hydroxyl groups excluding tert-OH is 1. The number of hydrogen-bond acceptors (Lipinski definition) is 4. The van der Waals surface area contributed by atoms with Crippen LogP contribution in [-0.4, -0.2) is 41.3 Å². The molecule has 1 amide bonds. The van der Waals surface area contributed by atoms with E-state index in [0.29, 0.717) is 12.2 Å². The molecule has 40 heavy (non-hydrogen) atoms. The Labute approximate surface area is 238 Å². The maximum atomic E-state index is 12.2. The smallest absolute Gasteiger partial charge is 0.334 e. The van der Waals surface area contributed by atoms with Gasteiger partial charge in [-0.2, -0.15) is 0 Å². The van der Waals surface area contributed by atoms with Gasteiger partial charge >= 0.3 is 5.97 Å². The number of rotatable bonds is 11. The maximum Gasteiger partial charge on any atom is 0.334 e. The minimum Gasteiger partial charge on any atom is -0.493 e. The summed E-state index contributed by atoms with van der Waals surface area (Å²) < 4.78 is 6.27. The third-order valence-corrected chi connectivity index (χ3v) is 7.22. The number of benzene rings is 3. The summed E-state index contributed by atoms with van der Waals surface area (Å²) >= 11 is 0. The molecular weight excluding hydrogens is 502 g/mol. The highest BCUT2D eigenvalue weighted by Gasteiger charge is 2.20. The highest BCUT2D eigenvalue weighted by Crippen LogP contribution is 2.34. The van der Waals surface area contributed by atoms with Crippen LogP contribution in [0.4, 0.5) is 0 Å². The van der Waals surface area contributed by atoms with Gasteiger partial charge in [0.1, 0.15) is 5.75 Å². The van der Waals surface area contributed by atoms with Crippen molar-refractivity contribution in [2.24, 2.45) is 5.41 Å². The molecular formula is C34H43NO5. The van der Waals surface area contributed by atoms with Crippen molar-refractivity contribution in [3.8, 4) is 16.9 Å². The minimum atomic E-state index is -1.62. The summed E-state index contributed by atoms with van der Waals surface area (Å²) in [5, 5.41) is 20.5. The predicted molar refractivity (Wildman–Crippen MR) is 160 cm³/mol. The fourth-order valence-corrected chi connectivity index (χ4v) is 4.63. The van der Waals surface area contributed by atoms with Crippen LogP contribution in [0.2, 0.25) is 0 Å². The van der Waals surface area contributed by atoms with E-state index in [4.69, 9.17) is 9.84 Å². The Morgan fingerprint density at radius 2 is 1.48 bits per heavy atom. The normalized spacial score (nSPS) is 12.6. The van der Waals surface area contributed by atoms with Gasteiger partial charge in [0, 0.05) is 5.56 Å². The van der Waals surface area contributed by atoms with Crippen molar-refractivity contribution in [2.45, 2.75) is 72.8 Å². The van der Waals surface area contributed by atoms with Crippen LogP contribution in [0.15, 0.2) is 60.7 Å². The lowest BCUT2D eigenvalue weighted by Gasteiger charge is -2.25. The minimum absolute atomic E-state index is 0.0632. The van der Waals surface area contributed by atoms with E-state index < -0.39 is 18.0 Å². The third-order valence-electron chi connectivity index (χ3n) is 7.22. The number of ether oxygens (including phenoxy) is 1. The van der Waals surface area contributed by atoms with Gasteiger partial charge < -0.3 is 20.3 Å². The molecule has 0 fully saturated rings. The predicted octanol–water partition coefficient (Wildman–Crippen LogP) is 6.48. The van der Waals surface area contributed by atoms with Gasteiger partial charge in [0.2, 0.25) is 0 Å². The lowest BCUT2D eigenvalue weighted by molar-refractivity contribution is -0.146. The van der Waals surface area contributed by atoms with E-state index in [0.717, 1.165) is 24.2 Å². The molecule has 0 aliphatic heterocycles. The van der Waals surface area contributed by atoms with Gasteiger partial charge in [-0.25, -0.2) is 4.79 Å². The molecule has 6 nitrogen and oxygen atoms in total. The molecule has 3 rings (SSSR count). The quantitative estimate of drug-likeness (QED) is 0.256. The first-order chi connectivity index (χ1) is 18.7. The van der Waals surface area contributed by atoms with Crippen LogP contribution in [0.1, 0.15) is 73.7 Å². The number of aliphatic carboxylic acids is 1. The van der Waals surface area contributed by atoms with Crippen molar-refractivity contribution in [2.75, 3.05) is 13.2 Å². The van der Waals surface area contributed by atoms with Crippen molar-refractivity contribution in [3.05, 3.63) is 88.5 Å². The summed E-state index contributed by atoms with van der Waals surface area (Å²) in [5.41, 5.74) is 7.76. The van der Waals surface area contributed by atoms with Crippen LogP contribution in [0.3, 0.4) is 0 Å². The topological polar surface area (TPSA) is 95.9 Å². The lowest BCUT2D eigenvalue weighted by atomic mass is 9.85. The van der Waals surface area contributed by atoms with Crippen LogP contribution >= 0.6 is 0 Å². The van der Waals surface area contributed by atoms with Crippen LogP contribution in [0.5, 0.6) is 5.75 Å². The van der Waals surface area contributed by atoms with Gasteiger partial charge in [-0.15, -0.1) is 0 Å². The highest BCUT2D eigenvalue weighted by molar-refractivity contribution is 5.94. The van der Waals surface area contributed by atoms with E-state index in [1.807, 2.05) is 12.1 Å². The molecule has 0 aliphatic rings. The second-order valence-corrected chi connectivity index (χ2v) is 12.5. The van der Waals surface area contributed by atoms with Crippen molar-refractivity contribution in [3.63, 3.8) is 0 Å². The van der Waals surface area contributed by atoms with Gasteiger partial charge in [0.05, 0.1) is 13.2 Å². The number of carboxylic acids is 1. The fraction of sp³-hybridized carbons (Fsp3) is 0.412. The van der Waals surface area contributed by atoms with Gasteiger partial charge in [0.25, 0.3) is 5.91 Å². The molecule has 0 saturated heterocycles. The number of carboxylic acid groups (broad SMARTS) is 1. The molecule has 3 aromatic carbocycles. The molecule has 214 valence electrons. The molecule has 3 N–H and O–H groups in total. The molecule has 0 spiro atoms. The second kappa shape index (κ2) is 12.7. The Morgan fingerprint density at radius 3 is 2.00 bits per heavy atom. The van der Waals surface area contributed by atoms with Gasteiger partial charge in [-0.05, 0) is 95.2 Å².